The normalized spacial score (nSPS) is 11.7. The number of alkyl halides is 1. The summed E-state index contributed by atoms with van der Waals surface area (Å²) in [6.07, 6.45) is 0.605. The number of hydrogen-bond donors (Lipinski definition) is 1. The van der Waals surface area contributed by atoms with Crippen molar-refractivity contribution in [3.63, 3.8) is 0 Å². The van der Waals surface area contributed by atoms with Crippen molar-refractivity contribution in [2.24, 2.45) is 0 Å². The van der Waals surface area contributed by atoms with Crippen LogP contribution >= 0.6 is 23.2 Å². The molecule has 0 atom stereocenters. The molecule has 0 aliphatic heterocycles. The summed E-state index contributed by atoms with van der Waals surface area (Å²) < 4.78 is 26.0. The van der Waals surface area contributed by atoms with Crippen LogP contribution in [-0.4, -0.2) is 20.8 Å². The van der Waals surface area contributed by atoms with Crippen molar-refractivity contribution in [2.45, 2.75) is 18.2 Å². The maximum atomic E-state index is 11.8. The van der Waals surface area contributed by atoms with E-state index in [-0.39, 0.29) is 4.90 Å². The maximum Gasteiger partial charge on any atom is 0.240 e. The zero-order valence-electron chi connectivity index (χ0n) is 8.83. The molecule has 3 nitrogen and oxygen atoms in total. The minimum Gasteiger partial charge on any atom is -0.211 e. The van der Waals surface area contributed by atoms with Crippen LogP contribution in [0.1, 0.15) is 12.0 Å². The third kappa shape index (κ3) is 3.63. The lowest BCUT2D eigenvalue weighted by Gasteiger charge is -2.07. The first-order valence-corrected chi connectivity index (χ1v) is 7.19. The fourth-order valence-corrected chi connectivity index (χ4v) is 2.55. The van der Waals surface area contributed by atoms with Gasteiger partial charge in [0.1, 0.15) is 0 Å². The van der Waals surface area contributed by atoms with Gasteiger partial charge in [-0.15, -0.1) is 11.6 Å². The molecule has 0 amide bonds. The van der Waals surface area contributed by atoms with Gasteiger partial charge in [-0.1, -0.05) is 11.6 Å². The SMILES string of the molecule is Cc1cc(S(=O)(=O)NCCCCl)ccc1Cl. The zero-order chi connectivity index (χ0) is 12.2. The molecule has 0 aliphatic rings. The highest BCUT2D eigenvalue weighted by molar-refractivity contribution is 7.89. The molecule has 0 aromatic heterocycles. The summed E-state index contributed by atoms with van der Waals surface area (Å²) in [5.74, 6) is 0.433. The van der Waals surface area contributed by atoms with Crippen LogP contribution in [0.15, 0.2) is 23.1 Å². The van der Waals surface area contributed by atoms with E-state index in [4.69, 9.17) is 23.2 Å². The fourth-order valence-electron chi connectivity index (χ4n) is 1.14. The van der Waals surface area contributed by atoms with Gasteiger partial charge in [0, 0.05) is 17.4 Å². The fraction of sp³-hybridized carbons (Fsp3) is 0.400. The van der Waals surface area contributed by atoms with Crippen molar-refractivity contribution in [3.05, 3.63) is 28.8 Å². The molecule has 1 aromatic rings. The second-order valence-electron chi connectivity index (χ2n) is 3.35. The van der Waals surface area contributed by atoms with E-state index in [1.54, 1.807) is 19.1 Å². The topological polar surface area (TPSA) is 46.2 Å². The van der Waals surface area contributed by atoms with Crippen molar-refractivity contribution < 1.29 is 8.42 Å². The summed E-state index contributed by atoms with van der Waals surface area (Å²) >= 11 is 11.3. The molecule has 0 aliphatic carbocycles. The van der Waals surface area contributed by atoms with Crippen molar-refractivity contribution in [2.75, 3.05) is 12.4 Å². The Morgan fingerprint density at radius 3 is 2.62 bits per heavy atom. The van der Waals surface area contributed by atoms with Gasteiger partial charge in [0.15, 0.2) is 0 Å². The highest BCUT2D eigenvalue weighted by Gasteiger charge is 2.13. The molecule has 90 valence electrons. The predicted molar refractivity (Wildman–Crippen MR) is 66.7 cm³/mol. The molecule has 6 heteroatoms. The summed E-state index contributed by atoms with van der Waals surface area (Å²) in [6.45, 7) is 2.10. The second-order valence-corrected chi connectivity index (χ2v) is 5.90. The van der Waals surface area contributed by atoms with Gasteiger partial charge in [-0.25, -0.2) is 13.1 Å². The van der Waals surface area contributed by atoms with Crippen LogP contribution in [-0.2, 0) is 10.0 Å². The van der Waals surface area contributed by atoms with Gasteiger partial charge in [-0.2, -0.15) is 0 Å². The first kappa shape index (κ1) is 13.8. The van der Waals surface area contributed by atoms with Gasteiger partial charge in [-0.3, -0.25) is 0 Å². The highest BCUT2D eigenvalue weighted by atomic mass is 35.5. The molecule has 1 rings (SSSR count). The van der Waals surface area contributed by atoms with Crippen molar-refractivity contribution in [3.8, 4) is 0 Å². The number of sulfonamides is 1. The van der Waals surface area contributed by atoms with Crippen LogP contribution in [0.5, 0.6) is 0 Å². The standard InChI is InChI=1S/C10H13Cl2NO2S/c1-8-7-9(3-4-10(8)12)16(14,15)13-6-2-5-11/h3-4,7,13H,2,5-6H2,1H3. The molecule has 0 heterocycles. The summed E-state index contributed by atoms with van der Waals surface area (Å²) in [5, 5.41) is 0.555. The molecule has 0 fully saturated rings. The predicted octanol–water partition coefficient (Wildman–Crippen LogP) is 2.56. The Hall–Kier alpha value is -0.290. The Balaban J connectivity index is 2.86. The third-order valence-corrected chi connectivity index (χ3v) is 4.19. The molecule has 1 aromatic carbocycles. The minimum absolute atomic E-state index is 0.226. The number of benzene rings is 1. The van der Waals surface area contributed by atoms with Crippen LogP contribution in [0.2, 0.25) is 5.02 Å². The van der Waals surface area contributed by atoms with E-state index in [1.807, 2.05) is 0 Å². The first-order chi connectivity index (χ1) is 7.47. The van der Waals surface area contributed by atoms with Crippen LogP contribution in [0.3, 0.4) is 0 Å². The van der Waals surface area contributed by atoms with Crippen LogP contribution in [0, 0.1) is 6.92 Å². The molecular formula is C10H13Cl2NO2S. The number of halogens is 2. The minimum atomic E-state index is -3.44. The number of rotatable bonds is 5. The Labute approximate surface area is 106 Å². The molecule has 0 unspecified atom stereocenters. The smallest absolute Gasteiger partial charge is 0.211 e. The summed E-state index contributed by atoms with van der Waals surface area (Å²) in [5.41, 5.74) is 0.738. The molecule has 0 saturated heterocycles. The zero-order valence-corrected chi connectivity index (χ0v) is 11.2. The van der Waals surface area contributed by atoms with Gasteiger partial charge >= 0.3 is 0 Å². The van der Waals surface area contributed by atoms with Crippen LogP contribution in [0.4, 0.5) is 0 Å². The summed E-state index contributed by atoms with van der Waals surface area (Å²) in [7, 11) is -3.44. The average Bonchev–Trinajstić information content (AvgIpc) is 2.22. The Kier molecular flexibility index (Phi) is 5.05. The van der Waals surface area contributed by atoms with Gasteiger partial charge in [0.05, 0.1) is 4.90 Å². The van der Waals surface area contributed by atoms with Gasteiger partial charge in [-0.05, 0) is 37.1 Å². The lowest BCUT2D eigenvalue weighted by Crippen LogP contribution is -2.25. The van der Waals surface area contributed by atoms with Crippen molar-refractivity contribution >= 4 is 33.2 Å². The molecular weight excluding hydrogens is 269 g/mol. The van der Waals surface area contributed by atoms with E-state index in [1.165, 1.54) is 6.07 Å². The highest BCUT2D eigenvalue weighted by Crippen LogP contribution is 2.19. The lowest BCUT2D eigenvalue weighted by atomic mass is 10.2. The van der Waals surface area contributed by atoms with Gasteiger partial charge in [0.25, 0.3) is 0 Å². The molecule has 1 N–H and O–H groups in total. The van der Waals surface area contributed by atoms with E-state index in [0.717, 1.165) is 5.56 Å². The van der Waals surface area contributed by atoms with Crippen LogP contribution in [0.25, 0.3) is 0 Å². The Bertz CT molecular complexity index is 460. The molecule has 0 radical (unpaired) electrons. The second kappa shape index (κ2) is 5.87. The molecule has 0 spiro atoms. The van der Waals surface area contributed by atoms with E-state index in [9.17, 15) is 8.42 Å². The quantitative estimate of drug-likeness (QED) is 0.666. The van der Waals surface area contributed by atoms with Crippen molar-refractivity contribution in [1.29, 1.82) is 0 Å². The third-order valence-electron chi connectivity index (χ3n) is 2.04. The van der Waals surface area contributed by atoms with E-state index in [0.29, 0.717) is 23.9 Å². The Morgan fingerprint density at radius 2 is 2.06 bits per heavy atom. The average molecular weight is 282 g/mol. The first-order valence-electron chi connectivity index (χ1n) is 4.79. The largest absolute Gasteiger partial charge is 0.240 e. The van der Waals surface area contributed by atoms with E-state index < -0.39 is 10.0 Å². The lowest BCUT2D eigenvalue weighted by molar-refractivity contribution is 0.581. The van der Waals surface area contributed by atoms with Gasteiger partial charge in [0.2, 0.25) is 10.0 Å². The molecule has 16 heavy (non-hydrogen) atoms. The van der Waals surface area contributed by atoms with Crippen LogP contribution < -0.4 is 4.72 Å². The number of aryl methyl sites for hydroxylation is 1. The van der Waals surface area contributed by atoms with E-state index >= 15 is 0 Å². The molecule has 0 bridgehead atoms. The maximum absolute atomic E-state index is 11.8. The van der Waals surface area contributed by atoms with E-state index in [2.05, 4.69) is 4.72 Å². The number of nitrogens with one attached hydrogen (secondary N) is 1. The van der Waals surface area contributed by atoms with Crippen molar-refractivity contribution in [1.82, 2.24) is 4.72 Å². The summed E-state index contributed by atoms with van der Waals surface area (Å²) in [4.78, 5) is 0.226. The van der Waals surface area contributed by atoms with Gasteiger partial charge < -0.3 is 0 Å². The number of hydrogen-bond acceptors (Lipinski definition) is 2. The molecule has 0 saturated carbocycles. The monoisotopic (exact) mass is 281 g/mol. The Morgan fingerprint density at radius 1 is 1.38 bits per heavy atom. The summed E-state index contributed by atoms with van der Waals surface area (Å²) in [6, 6.07) is 4.61.